The van der Waals surface area contributed by atoms with Crippen LogP contribution in [0.25, 0.3) is 10.9 Å². The lowest BCUT2D eigenvalue weighted by molar-refractivity contribution is 0.209. The normalized spacial score (nSPS) is 10.7. The second-order valence-electron chi connectivity index (χ2n) is 7.88. The van der Waals surface area contributed by atoms with Crippen molar-refractivity contribution in [3.63, 3.8) is 0 Å². The number of benzene rings is 3. The number of H-pyrrole nitrogens is 1. The number of nitrogens with one attached hydrogen (secondary N) is 2. The summed E-state index contributed by atoms with van der Waals surface area (Å²) in [6.07, 6.45) is 2.68. The van der Waals surface area contributed by atoms with Crippen LogP contribution in [0.5, 0.6) is 17.2 Å². The van der Waals surface area contributed by atoms with Crippen LogP contribution in [0.4, 0.5) is 10.5 Å². The van der Waals surface area contributed by atoms with Crippen molar-refractivity contribution in [2.45, 2.75) is 13.0 Å². The Kier molecular flexibility index (Phi) is 7.22. The largest absolute Gasteiger partial charge is 0.497 e. The minimum Gasteiger partial charge on any atom is -0.497 e. The zero-order valence-electron chi connectivity index (χ0n) is 19.6. The number of ether oxygens (including phenoxy) is 3. The van der Waals surface area contributed by atoms with E-state index in [0.29, 0.717) is 31.0 Å². The minimum absolute atomic E-state index is 0.168. The van der Waals surface area contributed by atoms with Crippen LogP contribution in [0.3, 0.4) is 0 Å². The molecule has 7 heteroatoms. The molecule has 0 unspecified atom stereocenters. The Labute approximate surface area is 199 Å². The molecule has 0 radical (unpaired) electrons. The third kappa shape index (κ3) is 5.26. The maximum absolute atomic E-state index is 13.2. The van der Waals surface area contributed by atoms with Gasteiger partial charge in [-0.1, -0.05) is 24.3 Å². The van der Waals surface area contributed by atoms with E-state index < -0.39 is 0 Å². The van der Waals surface area contributed by atoms with Crippen LogP contribution >= 0.6 is 0 Å². The second kappa shape index (κ2) is 10.7. The van der Waals surface area contributed by atoms with E-state index in [1.54, 1.807) is 26.2 Å². The molecule has 0 fully saturated rings. The first-order chi connectivity index (χ1) is 16.6. The van der Waals surface area contributed by atoms with Crippen LogP contribution < -0.4 is 19.5 Å². The lowest BCUT2D eigenvalue weighted by Gasteiger charge is -2.24. The first-order valence-electron chi connectivity index (χ1n) is 11.1. The van der Waals surface area contributed by atoms with Crippen molar-refractivity contribution in [2.24, 2.45) is 0 Å². The van der Waals surface area contributed by atoms with Crippen molar-refractivity contribution in [1.29, 1.82) is 0 Å². The summed E-state index contributed by atoms with van der Waals surface area (Å²) < 4.78 is 16.2. The molecule has 0 atom stereocenters. The molecule has 0 aliphatic rings. The molecular formula is C27H29N3O4. The number of aromatic amines is 1. The van der Waals surface area contributed by atoms with Gasteiger partial charge in [-0.2, -0.15) is 0 Å². The van der Waals surface area contributed by atoms with E-state index in [9.17, 15) is 4.79 Å². The molecule has 0 spiro atoms. The summed E-state index contributed by atoms with van der Waals surface area (Å²) in [4.78, 5) is 18.4. The number of carbonyl (C=O) groups is 1. The molecule has 3 aromatic carbocycles. The summed E-state index contributed by atoms with van der Waals surface area (Å²) in [6, 6.07) is 20.9. The van der Waals surface area contributed by atoms with Gasteiger partial charge in [0.25, 0.3) is 0 Å². The molecule has 0 aliphatic carbocycles. The van der Waals surface area contributed by atoms with E-state index in [0.717, 1.165) is 33.5 Å². The summed E-state index contributed by atoms with van der Waals surface area (Å²) in [7, 11) is 4.87. The number of urea groups is 1. The third-order valence-corrected chi connectivity index (χ3v) is 5.76. The van der Waals surface area contributed by atoms with E-state index in [2.05, 4.69) is 10.3 Å². The molecular weight excluding hydrogens is 430 g/mol. The Bertz CT molecular complexity index is 1250. The van der Waals surface area contributed by atoms with Gasteiger partial charge >= 0.3 is 6.03 Å². The number of hydrogen-bond donors (Lipinski definition) is 2. The minimum atomic E-state index is -0.168. The first-order valence-corrected chi connectivity index (χ1v) is 11.1. The monoisotopic (exact) mass is 459 g/mol. The molecule has 0 aliphatic heterocycles. The first kappa shape index (κ1) is 23.0. The van der Waals surface area contributed by atoms with Gasteiger partial charge in [0.2, 0.25) is 0 Å². The molecule has 1 aromatic heterocycles. The van der Waals surface area contributed by atoms with Gasteiger partial charge in [0.15, 0.2) is 11.5 Å². The van der Waals surface area contributed by atoms with E-state index >= 15 is 0 Å². The van der Waals surface area contributed by atoms with Gasteiger partial charge in [-0.05, 0) is 60.0 Å². The predicted octanol–water partition coefficient (Wildman–Crippen LogP) is 5.47. The van der Waals surface area contributed by atoms with E-state index in [-0.39, 0.29) is 6.03 Å². The number of fused-ring (bicyclic) bond motifs is 1. The topological polar surface area (TPSA) is 75.8 Å². The molecule has 176 valence electrons. The smallest absolute Gasteiger partial charge is 0.322 e. The van der Waals surface area contributed by atoms with Crippen LogP contribution in [0.2, 0.25) is 0 Å². The molecule has 0 bridgehead atoms. The highest BCUT2D eigenvalue weighted by Crippen LogP contribution is 2.29. The summed E-state index contributed by atoms with van der Waals surface area (Å²) in [5.74, 6) is 2.09. The molecule has 0 saturated carbocycles. The van der Waals surface area contributed by atoms with Crippen LogP contribution in [0.15, 0.2) is 72.9 Å². The van der Waals surface area contributed by atoms with E-state index in [1.807, 2.05) is 72.9 Å². The summed E-state index contributed by atoms with van der Waals surface area (Å²) in [6.45, 7) is 0.946. The van der Waals surface area contributed by atoms with Crippen molar-refractivity contribution in [2.75, 3.05) is 33.2 Å². The molecule has 34 heavy (non-hydrogen) atoms. The average Bonchev–Trinajstić information content (AvgIpc) is 3.28. The number of para-hydroxylation sites is 1. The number of aromatic nitrogens is 1. The van der Waals surface area contributed by atoms with Gasteiger partial charge < -0.3 is 29.4 Å². The fourth-order valence-corrected chi connectivity index (χ4v) is 3.92. The summed E-state index contributed by atoms with van der Waals surface area (Å²) in [5, 5.41) is 4.09. The third-order valence-electron chi connectivity index (χ3n) is 5.76. The van der Waals surface area contributed by atoms with Gasteiger partial charge in [-0.15, -0.1) is 0 Å². The quantitative estimate of drug-likeness (QED) is 0.348. The number of methoxy groups -OCH3 is 3. The van der Waals surface area contributed by atoms with Gasteiger partial charge in [0, 0.05) is 35.9 Å². The number of amides is 2. The summed E-state index contributed by atoms with van der Waals surface area (Å²) in [5.41, 5.74) is 3.86. The highest BCUT2D eigenvalue weighted by atomic mass is 16.5. The van der Waals surface area contributed by atoms with Crippen LogP contribution in [-0.4, -0.2) is 43.8 Å². The van der Waals surface area contributed by atoms with Gasteiger partial charge in [0.05, 0.1) is 21.3 Å². The molecule has 7 nitrogen and oxygen atoms in total. The van der Waals surface area contributed by atoms with Gasteiger partial charge in [-0.25, -0.2) is 4.79 Å². The van der Waals surface area contributed by atoms with Crippen LogP contribution in [-0.2, 0) is 13.0 Å². The predicted molar refractivity (Wildman–Crippen MR) is 134 cm³/mol. The highest BCUT2D eigenvalue weighted by molar-refractivity contribution is 5.89. The molecule has 2 N–H and O–H groups in total. The fraction of sp³-hybridized carbons (Fsp3) is 0.222. The maximum atomic E-state index is 13.2. The van der Waals surface area contributed by atoms with Crippen molar-refractivity contribution in [3.05, 3.63) is 84.1 Å². The zero-order chi connectivity index (χ0) is 23.9. The Hall–Kier alpha value is -4.13. The number of hydrogen-bond acceptors (Lipinski definition) is 4. The number of rotatable bonds is 9. The Morgan fingerprint density at radius 3 is 2.44 bits per heavy atom. The zero-order valence-corrected chi connectivity index (χ0v) is 19.6. The second-order valence-corrected chi connectivity index (χ2v) is 7.88. The Morgan fingerprint density at radius 2 is 1.71 bits per heavy atom. The standard InChI is InChI=1S/C27H29N3O4/c1-32-22-10-11-24-23(16-22)20(17-28-24)13-14-30(27(31)29-21-7-5-4-6-8-21)18-19-9-12-25(33-2)26(15-19)34-3/h4-12,15-17,28H,13-14,18H2,1-3H3,(H,29,31). The van der Waals surface area contributed by atoms with Crippen molar-refractivity contribution in [3.8, 4) is 17.2 Å². The van der Waals surface area contributed by atoms with Gasteiger partial charge in [0.1, 0.15) is 5.75 Å². The molecule has 2 amide bonds. The summed E-state index contributed by atoms with van der Waals surface area (Å²) >= 11 is 0. The fourth-order valence-electron chi connectivity index (χ4n) is 3.92. The number of anilines is 1. The number of carbonyl (C=O) groups excluding carboxylic acids is 1. The van der Waals surface area contributed by atoms with Crippen molar-refractivity contribution < 1.29 is 19.0 Å². The lowest BCUT2D eigenvalue weighted by Crippen LogP contribution is -2.36. The highest BCUT2D eigenvalue weighted by Gasteiger charge is 2.17. The van der Waals surface area contributed by atoms with Gasteiger partial charge in [-0.3, -0.25) is 0 Å². The molecule has 4 rings (SSSR count). The molecule has 0 saturated heterocycles. The lowest BCUT2D eigenvalue weighted by atomic mass is 10.1. The Balaban J connectivity index is 1.56. The maximum Gasteiger partial charge on any atom is 0.322 e. The molecule has 4 aromatic rings. The SMILES string of the molecule is COc1ccc2[nH]cc(CCN(Cc3ccc(OC)c(OC)c3)C(=O)Nc3ccccc3)c2c1. The van der Waals surface area contributed by atoms with E-state index in [1.165, 1.54) is 0 Å². The Morgan fingerprint density at radius 1 is 0.912 bits per heavy atom. The molecule has 1 heterocycles. The van der Waals surface area contributed by atoms with E-state index in [4.69, 9.17) is 14.2 Å². The number of nitrogens with zero attached hydrogens (tertiary/aromatic N) is 1. The van der Waals surface area contributed by atoms with Crippen LogP contribution in [0, 0.1) is 0 Å². The average molecular weight is 460 g/mol. The van der Waals surface area contributed by atoms with Crippen molar-refractivity contribution in [1.82, 2.24) is 9.88 Å². The van der Waals surface area contributed by atoms with Crippen LogP contribution in [0.1, 0.15) is 11.1 Å². The van der Waals surface area contributed by atoms with Crippen molar-refractivity contribution >= 4 is 22.6 Å².